The van der Waals surface area contributed by atoms with Crippen LogP contribution in [0.25, 0.3) is 0 Å². The number of thioether (sulfide) groups is 1. The molecule has 0 saturated carbocycles. The Morgan fingerprint density at radius 3 is 2.69 bits per heavy atom. The number of carbonyl (C=O) groups is 2. The van der Waals surface area contributed by atoms with Gasteiger partial charge in [-0.05, 0) is 31.0 Å². The summed E-state index contributed by atoms with van der Waals surface area (Å²) in [5.41, 5.74) is 2.30. The van der Waals surface area contributed by atoms with Crippen LogP contribution in [0, 0.1) is 13.8 Å². The number of methoxy groups -OCH3 is 1. The quantitative estimate of drug-likeness (QED) is 0.442. The van der Waals surface area contributed by atoms with Gasteiger partial charge in [0, 0.05) is 6.07 Å². The zero-order valence-corrected chi connectivity index (χ0v) is 16.1. The lowest BCUT2D eigenvalue weighted by molar-refractivity contribution is -0.139. The van der Waals surface area contributed by atoms with Gasteiger partial charge < -0.3 is 15.0 Å². The minimum atomic E-state index is -0.499. The van der Waals surface area contributed by atoms with Crippen molar-refractivity contribution in [2.45, 2.75) is 25.4 Å². The molecule has 0 saturated heterocycles. The van der Waals surface area contributed by atoms with Gasteiger partial charge in [0.2, 0.25) is 5.91 Å². The number of hydrogen-bond acceptors (Lipinski definition) is 6. The molecule has 0 aliphatic heterocycles. The van der Waals surface area contributed by atoms with Gasteiger partial charge >= 0.3 is 5.97 Å². The molecule has 2 rings (SSSR count). The molecule has 1 aromatic carbocycles. The molecular weight excluding hydrogens is 378 g/mol. The molecular formula is C17H18ClN3O4S. The first-order valence-corrected chi connectivity index (χ1v) is 9.01. The van der Waals surface area contributed by atoms with E-state index in [4.69, 9.17) is 11.6 Å². The molecule has 2 N–H and O–H groups in total. The van der Waals surface area contributed by atoms with Gasteiger partial charge in [0.1, 0.15) is 0 Å². The highest BCUT2D eigenvalue weighted by atomic mass is 35.5. The van der Waals surface area contributed by atoms with Crippen LogP contribution < -0.4 is 10.9 Å². The SMILES string of the molecule is COC(=O)Cc1cc(=O)[nH]c(SCC(=O)Nc2c(C)cc(C)cc2Cl)n1. The van der Waals surface area contributed by atoms with Gasteiger partial charge in [-0.2, -0.15) is 0 Å². The Kier molecular flexibility index (Phi) is 6.82. The lowest BCUT2D eigenvalue weighted by atomic mass is 10.1. The monoisotopic (exact) mass is 395 g/mol. The second-order valence-corrected chi connectivity index (χ2v) is 6.94. The lowest BCUT2D eigenvalue weighted by Crippen LogP contribution is -2.17. The fraction of sp³-hybridized carbons (Fsp3) is 0.294. The number of esters is 1. The van der Waals surface area contributed by atoms with Crippen LogP contribution in [0.3, 0.4) is 0 Å². The summed E-state index contributed by atoms with van der Waals surface area (Å²) in [5, 5.41) is 3.47. The highest BCUT2D eigenvalue weighted by molar-refractivity contribution is 7.99. The number of anilines is 1. The highest BCUT2D eigenvalue weighted by Crippen LogP contribution is 2.27. The summed E-state index contributed by atoms with van der Waals surface area (Å²) in [5.74, 6) is -0.764. The summed E-state index contributed by atoms with van der Waals surface area (Å²) in [6.45, 7) is 3.78. The van der Waals surface area contributed by atoms with E-state index in [0.29, 0.717) is 10.7 Å². The number of aryl methyl sites for hydroxylation is 2. The maximum atomic E-state index is 12.2. The lowest BCUT2D eigenvalue weighted by Gasteiger charge is -2.11. The first-order valence-electron chi connectivity index (χ1n) is 7.65. The molecule has 2 aromatic rings. The van der Waals surface area contributed by atoms with Gasteiger partial charge in [-0.25, -0.2) is 4.98 Å². The summed E-state index contributed by atoms with van der Waals surface area (Å²) in [4.78, 5) is 41.8. The number of nitrogens with one attached hydrogen (secondary N) is 2. The van der Waals surface area contributed by atoms with Gasteiger partial charge in [-0.15, -0.1) is 0 Å². The Morgan fingerprint density at radius 2 is 2.04 bits per heavy atom. The predicted molar refractivity (Wildman–Crippen MR) is 101 cm³/mol. The minimum absolute atomic E-state index is 0.0221. The summed E-state index contributed by atoms with van der Waals surface area (Å²) < 4.78 is 4.55. The van der Waals surface area contributed by atoms with Crippen LogP contribution in [0.15, 0.2) is 28.2 Å². The van der Waals surface area contributed by atoms with Crippen molar-refractivity contribution < 1.29 is 14.3 Å². The van der Waals surface area contributed by atoms with Crippen LogP contribution in [0.1, 0.15) is 16.8 Å². The molecule has 9 heteroatoms. The number of rotatable bonds is 6. The largest absolute Gasteiger partial charge is 0.469 e. The standard InChI is InChI=1S/C17H18ClN3O4S/c1-9-4-10(2)16(12(18)5-9)20-14(23)8-26-17-19-11(6-13(22)21-17)7-15(24)25-3/h4-6H,7-8H2,1-3H3,(H,20,23)(H,19,21,22). The number of benzene rings is 1. The third-order valence-electron chi connectivity index (χ3n) is 3.36. The zero-order chi connectivity index (χ0) is 19.3. The molecule has 26 heavy (non-hydrogen) atoms. The number of aromatic nitrogens is 2. The Hall–Kier alpha value is -2.32. The third-order valence-corrected chi connectivity index (χ3v) is 4.53. The number of aromatic amines is 1. The van der Waals surface area contributed by atoms with Crippen molar-refractivity contribution in [1.29, 1.82) is 0 Å². The molecule has 1 heterocycles. The van der Waals surface area contributed by atoms with Gasteiger partial charge in [0.15, 0.2) is 5.16 Å². The van der Waals surface area contributed by atoms with Crippen molar-refractivity contribution >= 4 is 40.9 Å². The van der Waals surface area contributed by atoms with Gasteiger partial charge in [-0.3, -0.25) is 14.4 Å². The average Bonchev–Trinajstić information content (AvgIpc) is 2.55. The Bertz CT molecular complexity index is 875. The van der Waals surface area contributed by atoms with Crippen LogP contribution in [-0.2, 0) is 20.7 Å². The third kappa shape index (κ3) is 5.60. The number of amides is 1. The molecule has 0 atom stereocenters. The molecule has 0 radical (unpaired) electrons. The Labute approximate surface area is 159 Å². The number of ether oxygens (including phenoxy) is 1. The fourth-order valence-electron chi connectivity index (χ4n) is 2.25. The molecule has 1 amide bonds. The number of hydrogen-bond donors (Lipinski definition) is 2. The molecule has 0 fully saturated rings. The first kappa shape index (κ1) is 20.0. The maximum Gasteiger partial charge on any atom is 0.311 e. The molecule has 7 nitrogen and oxygen atoms in total. The van der Waals surface area contributed by atoms with E-state index in [0.717, 1.165) is 22.9 Å². The Morgan fingerprint density at radius 1 is 1.31 bits per heavy atom. The second-order valence-electron chi connectivity index (χ2n) is 5.57. The van der Waals surface area contributed by atoms with E-state index in [2.05, 4.69) is 20.0 Å². The number of carbonyl (C=O) groups excluding carboxylic acids is 2. The summed E-state index contributed by atoms with van der Waals surface area (Å²) in [6, 6.07) is 4.91. The minimum Gasteiger partial charge on any atom is -0.469 e. The normalized spacial score (nSPS) is 10.5. The van der Waals surface area contributed by atoms with Crippen LogP contribution in [0.2, 0.25) is 5.02 Å². The van der Waals surface area contributed by atoms with E-state index in [-0.39, 0.29) is 28.9 Å². The van der Waals surface area contributed by atoms with Crippen molar-refractivity contribution in [2.75, 3.05) is 18.2 Å². The topological polar surface area (TPSA) is 101 Å². The van der Waals surface area contributed by atoms with Crippen molar-refractivity contribution in [3.63, 3.8) is 0 Å². The molecule has 0 unspecified atom stereocenters. The molecule has 0 spiro atoms. The molecule has 0 bridgehead atoms. The molecule has 138 valence electrons. The maximum absolute atomic E-state index is 12.2. The second kappa shape index (κ2) is 8.86. The van der Waals surface area contributed by atoms with Crippen molar-refractivity contribution in [3.05, 3.63) is 50.4 Å². The summed E-state index contributed by atoms with van der Waals surface area (Å²) >= 11 is 7.23. The van der Waals surface area contributed by atoms with Crippen LogP contribution in [0.4, 0.5) is 5.69 Å². The van der Waals surface area contributed by atoms with Crippen LogP contribution in [-0.4, -0.2) is 34.7 Å². The van der Waals surface area contributed by atoms with Crippen molar-refractivity contribution in [2.24, 2.45) is 0 Å². The summed E-state index contributed by atoms with van der Waals surface area (Å²) in [7, 11) is 1.26. The van der Waals surface area contributed by atoms with E-state index < -0.39 is 11.5 Å². The Balaban J connectivity index is 2.03. The van der Waals surface area contributed by atoms with E-state index in [1.54, 1.807) is 6.07 Å². The summed E-state index contributed by atoms with van der Waals surface area (Å²) in [6.07, 6.45) is -0.113. The van der Waals surface area contributed by atoms with Crippen LogP contribution in [0.5, 0.6) is 0 Å². The van der Waals surface area contributed by atoms with Crippen molar-refractivity contribution in [3.8, 4) is 0 Å². The predicted octanol–water partition coefficient (Wildman–Crippen LogP) is 2.49. The van der Waals surface area contributed by atoms with Gasteiger partial charge in [0.25, 0.3) is 5.56 Å². The number of H-pyrrole nitrogens is 1. The van der Waals surface area contributed by atoms with Crippen molar-refractivity contribution in [1.82, 2.24) is 9.97 Å². The highest BCUT2D eigenvalue weighted by Gasteiger charge is 2.12. The van der Waals surface area contributed by atoms with E-state index in [1.165, 1.54) is 13.2 Å². The van der Waals surface area contributed by atoms with Gasteiger partial charge in [-0.1, -0.05) is 29.4 Å². The molecule has 1 aromatic heterocycles. The van der Waals surface area contributed by atoms with Crippen LogP contribution >= 0.6 is 23.4 Å². The number of nitrogens with zero attached hydrogens (tertiary/aromatic N) is 1. The number of halogens is 1. The zero-order valence-electron chi connectivity index (χ0n) is 14.5. The van der Waals surface area contributed by atoms with E-state index in [1.807, 2.05) is 19.9 Å². The van der Waals surface area contributed by atoms with Gasteiger partial charge in [0.05, 0.1) is 35.7 Å². The van der Waals surface area contributed by atoms with E-state index in [9.17, 15) is 14.4 Å². The first-order chi connectivity index (χ1) is 12.3. The average molecular weight is 396 g/mol. The fourth-order valence-corrected chi connectivity index (χ4v) is 3.31. The molecule has 0 aliphatic rings. The molecule has 0 aliphatic carbocycles. The smallest absolute Gasteiger partial charge is 0.311 e. The van der Waals surface area contributed by atoms with E-state index >= 15 is 0 Å².